The van der Waals surface area contributed by atoms with Crippen molar-refractivity contribution in [1.82, 2.24) is 5.43 Å². The summed E-state index contributed by atoms with van der Waals surface area (Å²) < 4.78 is 49.5. The molecule has 3 aromatic rings. The van der Waals surface area contributed by atoms with E-state index in [1.165, 1.54) is 37.6 Å². The fraction of sp³-hybridized carbons (Fsp3) is 0.160. The zero-order chi connectivity index (χ0) is 25.4. The second-order valence-corrected chi connectivity index (χ2v) is 7.37. The van der Waals surface area contributed by atoms with Gasteiger partial charge >= 0.3 is 12.1 Å². The fourth-order valence-corrected chi connectivity index (χ4v) is 3.05. The number of hydrogen-bond acceptors (Lipinski definition) is 5. The quantitative estimate of drug-likeness (QED) is 0.338. The van der Waals surface area contributed by atoms with Crippen molar-refractivity contribution in [3.63, 3.8) is 0 Å². The van der Waals surface area contributed by atoms with E-state index < -0.39 is 23.6 Å². The third kappa shape index (κ3) is 7.32. The van der Waals surface area contributed by atoms with E-state index in [2.05, 4.69) is 10.5 Å². The van der Waals surface area contributed by atoms with Crippen molar-refractivity contribution in [2.45, 2.75) is 19.2 Å². The van der Waals surface area contributed by atoms with Gasteiger partial charge in [0.15, 0.2) is 11.5 Å². The third-order valence-electron chi connectivity index (χ3n) is 4.80. The lowest BCUT2D eigenvalue weighted by Gasteiger charge is -2.11. The van der Waals surface area contributed by atoms with Crippen molar-refractivity contribution < 1.29 is 37.3 Å². The number of aromatic carboxylic acids is 1. The van der Waals surface area contributed by atoms with Gasteiger partial charge in [0.05, 0.1) is 30.9 Å². The van der Waals surface area contributed by atoms with Crippen LogP contribution in [0, 0.1) is 0 Å². The first-order chi connectivity index (χ1) is 16.7. The lowest BCUT2D eigenvalue weighted by molar-refractivity contribution is -0.137. The van der Waals surface area contributed by atoms with E-state index in [1.807, 2.05) is 0 Å². The maximum atomic E-state index is 12.8. The van der Waals surface area contributed by atoms with Gasteiger partial charge in [0, 0.05) is 0 Å². The Morgan fingerprint density at radius 2 is 1.74 bits per heavy atom. The summed E-state index contributed by atoms with van der Waals surface area (Å²) in [5.41, 5.74) is 3.21. The molecular formula is C25H21F3N2O5. The van der Waals surface area contributed by atoms with E-state index in [0.717, 1.165) is 17.7 Å². The highest BCUT2D eigenvalue weighted by molar-refractivity contribution is 5.87. The maximum Gasteiger partial charge on any atom is 0.416 e. The van der Waals surface area contributed by atoms with Crippen LogP contribution in [0.4, 0.5) is 13.2 Å². The highest BCUT2D eigenvalue weighted by atomic mass is 19.4. The molecule has 0 heterocycles. The number of nitrogens with one attached hydrogen (secondary N) is 1. The van der Waals surface area contributed by atoms with Crippen LogP contribution in [-0.4, -0.2) is 30.3 Å². The number of benzene rings is 3. The van der Waals surface area contributed by atoms with E-state index in [9.17, 15) is 22.8 Å². The van der Waals surface area contributed by atoms with Crippen LogP contribution in [0.15, 0.2) is 71.8 Å². The summed E-state index contributed by atoms with van der Waals surface area (Å²) in [6, 6.07) is 15.8. The number of hydrazone groups is 1. The van der Waals surface area contributed by atoms with Crippen molar-refractivity contribution in [3.8, 4) is 11.5 Å². The zero-order valence-electron chi connectivity index (χ0n) is 18.5. The van der Waals surface area contributed by atoms with Crippen molar-refractivity contribution in [1.29, 1.82) is 0 Å². The van der Waals surface area contributed by atoms with Gasteiger partial charge in [-0.1, -0.05) is 30.3 Å². The van der Waals surface area contributed by atoms with Gasteiger partial charge in [0.25, 0.3) is 0 Å². The molecule has 3 aromatic carbocycles. The standard InChI is InChI=1S/C25H21F3N2O5/c1-34-22-12-18(7-10-21(22)35-15-16-5-8-19(9-6-16)24(32)33)14-29-30-23(31)13-17-3-2-4-20(11-17)25(26,27)28/h2-12,14H,13,15H2,1H3,(H,30,31)(H,32,33)/b29-14+. The molecule has 0 spiro atoms. The molecule has 0 bridgehead atoms. The van der Waals surface area contributed by atoms with Crippen LogP contribution in [-0.2, 0) is 24.0 Å². The first kappa shape index (κ1) is 25.3. The summed E-state index contributed by atoms with van der Waals surface area (Å²) in [4.78, 5) is 23.0. The Labute approximate surface area is 198 Å². The Bertz CT molecular complexity index is 1220. The highest BCUT2D eigenvalue weighted by Crippen LogP contribution is 2.30. The zero-order valence-corrected chi connectivity index (χ0v) is 18.5. The molecule has 1 amide bonds. The number of ether oxygens (including phenoxy) is 2. The molecule has 10 heteroatoms. The minimum atomic E-state index is -4.48. The predicted molar refractivity (Wildman–Crippen MR) is 122 cm³/mol. The summed E-state index contributed by atoms with van der Waals surface area (Å²) in [5, 5.41) is 12.8. The van der Waals surface area contributed by atoms with Crippen LogP contribution in [0.3, 0.4) is 0 Å². The summed E-state index contributed by atoms with van der Waals surface area (Å²) >= 11 is 0. The van der Waals surface area contributed by atoms with Crippen LogP contribution in [0.5, 0.6) is 11.5 Å². The molecule has 0 unspecified atom stereocenters. The molecule has 0 aromatic heterocycles. The van der Waals surface area contributed by atoms with Crippen molar-refractivity contribution in [3.05, 3.63) is 94.5 Å². The number of carboxylic acids is 1. The van der Waals surface area contributed by atoms with Crippen LogP contribution >= 0.6 is 0 Å². The monoisotopic (exact) mass is 486 g/mol. The molecule has 3 rings (SSSR count). The van der Waals surface area contributed by atoms with Gasteiger partial charge in [0.1, 0.15) is 6.61 Å². The van der Waals surface area contributed by atoms with Gasteiger partial charge in [-0.05, 0) is 53.1 Å². The van der Waals surface area contributed by atoms with E-state index in [1.54, 1.807) is 30.3 Å². The van der Waals surface area contributed by atoms with Gasteiger partial charge in [-0.2, -0.15) is 18.3 Å². The molecular weight excluding hydrogens is 465 g/mol. The number of methoxy groups -OCH3 is 1. The molecule has 0 saturated carbocycles. The van der Waals surface area contributed by atoms with Crippen LogP contribution in [0.25, 0.3) is 0 Å². The third-order valence-corrected chi connectivity index (χ3v) is 4.80. The molecule has 0 fully saturated rings. The largest absolute Gasteiger partial charge is 0.493 e. The molecule has 0 aliphatic carbocycles. The number of carbonyl (C=O) groups excluding carboxylic acids is 1. The number of alkyl halides is 3. The molecule has 0 aliphatic heterocycles. The Morgan fingerprint density at radius 1 is 1.00 bits per heavy atom. The fourth-order valence-electron chi connectivity index (χ4n) is 3.05. The highest BCUT2D eigenvalue weighted by Gasteiger charge is 2.30. The summed E-state index contributed by atoms with van der Waals surface area (Å²) in [5.74, 6) is -0.725. The van der Waals surface area contributed by atoms with Gasteiger partial charge in [-0.3, -0.25) is 4.79 Å². The van der Waals surface area contributed by atoms with E-state index in [0.29, 0.717) is 17.1 Å². The Morgan fingerprint density at radius 3 is 2.40 bits per heavy atom. The molecule has 0 atom stereocenters. The lowest BCUT2D eigenvalue weighted by Crippen LogP contribution is -2.20. The summed E-state index contributed by atoms with van der Waals surface area (Å²) in [6.45, 7) is 0.190. The van der Waals surface area contributed by atoms with Crippen molar-refractivity contribution in [2.75, 3.05) is 7.11 Å². The Balaban J connectivity index is 1.57. The molecule has 0 aliphatic rings. The van der Waals surface area contributed by atoms with Gasteiger partial charge < -0.3 is 14.6 Å². The van der Waals surface area contributed by atoms with Crippen LogP contribution < -0.4 is 14.9 Å². The number of carboxylic acid groups (broad SMARTS) is 1. The molecule has 7 nitrogen and oxygen atoms in total. The van der Waals surface area contributed by atoms with E-state index in [4.69, 9.17) is 14.6 Å². The number of carbonyl (C=O) groups is 2. The maximum absolute atomic E-state index is 12.8. The second-order valence-electron chi connectivity index (χ2n) is 7.37. The number of rotatable bonds is 9. The average Bonchev–Trinajstić information content (AvgIpc) is 2.83. The van der Waals surface area contributed by atoms with Gasteiger partial charge in [-0.25, -0.2) is 10.2 Å². The Hall–Kier alpha value is -4.34. The number of nitrogens with zero attached hydrogens (tertiary/aromatic N) is 1. The van der Waals surface area contributed by atoms with Crippen molar-refractivity contribution in [2.24, 2.45) is 5.10 Å². The molecule has 2 N–H and O–H groups in total. The summed E-state index contributed by atoms with van der Waals surface area (Å²) in [6.07, 6.45) is -3.38. The van der Waals surface area contributed by atoms with Gasteiger partial charge in [-0.15, -0.1) is 0 Å². The van der Waals surface area contributed by atoms with Gasteiger partial charge in [0.2, 0.25) is 5.91 Å². The van der Waals surface area contributed by atoms with Crippen LogP contribution in [0.2, 0.25) is 0 Å². The molecule has 35 heavy (non-hydrogen) atoms. The second kappa shape index (κ2) is 11.2. The normalized spacial score (nSPS) is 11.3. The SMILES string of the molecule is COc1cc(/C=N/NC(=O)Cc2cccc(C(F)(F)F)c2)ccc1OCc1ccc(C(=O)O)cc1. The summed E-state index contributed by atoms with van der Waals surface area (Å²) in [7, 11) is 1.46. The molecule has 182 valence electrons. The smallest absolute Gasteiger partial charge is 0.416 e. The lowest BCUT2D eigenvalue weighted by atomic mass is 10.1. The molecule has 0 saturated heterocycles. The van der Waals surface area contributed by atoms with E-state index >= 15 is 0 Å². The number of halogens is 3. The Kier molecular flexibility index (Phi) is 8.08. The number of amides is 1. The molecule has 0 radical (unpaired) electrons. The van der Waals surface area contributed by atoms with E-state index in [-0.39, 0.29) is 24.2 Å². The first-order valence-corrected chi connectivity index (χ1v) is 10.3. The number of hydrogen-bond donors (Lipinski definition) is 2. The van der Waals surface area contributed by atoms with Crippen molar-refractivity contribution >= 4 is 18.1 Å². The first-order valence-electron chi connectivity index (χ1n) is 10.3. The minimum Gasteiger partial charge on any atom is -0.493 e. The van der Waals surface area contributed by atoms with Crippen LogP contribution in [0.1, 0.15) is 32.6 Å². The average molecular weight is 486 g/mol. The minimum absolute atomic E-state index is 0.178. The topological polar surface area (TPSA) is 97.2 Å². The predicted octanol–water partition coefficient (Wildman–Crippen LogP) is 4.68.